The molecule has 0 aromatic heterocycles. The number of carbonyl (C=O) groups is 1. The molecule has 2 unspecified atom stereocenters. The van der Waals surface area contributed by atoms with Crippen LogP contribution in [0.1, 0.15) is 30.7 Å². The van der Waals surface area contributed by atoms with Gasteiger partial charge in [-0.05, 0) is 54.7 Å². The number of ether oxygens (including phenoxy) is 1. The summed E-state index contributed by atoms with van der Waals surface area (Å²) in [6, 6.07) is 8.00. The van der Waals surface area contributed by atoms with Crippen LogP contribution in [0.2, 0.25) is 0 Å². The fourth-order valence-electron chi connectivity index (χ4n) is 4.18. The number of aliphatic imine (C=N–C) groups is 1. The molecule has 2 fully saturated rings. The van der Waals surface area contributed by atoms with Gasteiger partial charge in [-0.2, -0.15) is 4.99 Å². The molecule has 1 amide bonds. The zero-order valence-corrected chi connectivity index (χ0v) is 12.2. The van der Waals surface area contributed by atoms with Crippen LogP contribution in [0, 0.1) is 17.8 Å². The SMILES string of the molecule is COc1cccc([C@H]2C3CCC(C3)[C@@H]2C(=O)N=C(N)N)c1. The molecule has 0 radical (unpaired) electrons. The average Bonchev–Trinajstić information content (AvgIpc) is 3.07. The van der Waals surface area contributed by atoms with Crippen LogP contribution in [-0.2, 0) is 4.79 Å². The fourth-order valence-corrected chi connectivity index (χ4v) is 4.18. The Hall–Kier alpha value is -2.04. The van der Waals surface area contributed by atoms with Gasteiger partial charge in [-0.25, -0.2) is 0 Å². The summed E-state index contributed by atoms with van der Waals surface area (Å²) in [6.45, 7) is 0. The molecule has 0 spiro atoms. The predicted molar refractivity (Wildman–Crippen MR) is 80.9 cm³/mol. The van der Waals surface area contributed by atoms with Crippen molar-refractivity contribution in [1.29, 1.82) is 0 Å². The van der Waals surface area contributed by atoms with Crippen LogP contribution in [-0.4, -0.2) is 19.0 Å². The number of benzene rings is 1. The molecule has 1 aromatic rings. The highest BCUT2D eigenvalue weighted by molar-refractivity contribution is 5.93. The van der Waals surface area contributed by atoms with Crippen molar-refractivity contribution < 1.29 is 9.53 Å². The van der Waals surface area contributed by atoms with Gasteiger partial charge in [0.2, 0.25) is 0 Å². The van der Waals surface area contributed by atoms with Gasteiger partial charge in [0.25, 0.3) is 5.91 Å². The Morgan fingerprint density at radius 2 is 2.05 bits per heavy atom. The Morgan fingerprint density at radius 3 is 2.76 bits per heavy atom. The van der Waals surface area contributed by atoms with E-state index in [-0.39, 0.29) is 23.7 Å². The normalized spacial score (nSPS) is 30.1. The Morgan fingerprint density at radius 1 is 1.29 bits per heavy atom. The van der Waals surface area contributed by atoms with Crippen LogP contribution in [0.25, 0.3) is 0 Å². The minimum atomic E-state index is -0.171. The van der Waals surface area contributed by atoms with E-state index in [9.17, 15) is 4.79 Å². The van der Waals surface area contributed by atoms with E-state index in [0.29, 0.717) is 11.8 Å². The van der Waals surface area contributed by atoms with E-state index in [4.69, 9.17) is 16.2 Å². The summed E-state index contributed by atoms with van der Waals surface area (Å²) < 4.78 is 5.30. The lowest BCUT2D eigenvalue weighted by atomic mass is 9.75. The lowest BCUT2D eigenvalue weighted by Crippen LogP contribution is -2.31. The second kappa shape index (κ2) is 5.39. The number of hydrogen-bond acceptors (Lipinski definition) is 2. The van der Waals surface area contributed by atoms with Gasteiger partial charge in [0.05, 0.1) is 13.0 Å². The molecule has 2 aliphatic carbocycles. The van der Waals surface area contributed by atoms with E-state index >= 15 is 0 Å². The van der Waals surface area contributed by atoms with Crippen molar-refractivity contribution in [3.8, 4) is 5.75 Å². The zero-order valence-electron chi connectivity index (χ0n) is 12.2. The third-order valence-corrected chi connectivity index (χ3v) is 4.92. The van der Waals surface area contributed by atoms with Crippen molar-refractivity contribution in [1.82, 2.24) is 0 Å². The maximum Gasteiger partial charge on any atom is 0.252 e. The van der Waals surface area contributed by atoms with Crippen LogP contribution in [0.4, 0.5) is 0 Å². The van der Waals surface area contributed by atoms with Gasteiger partial charge in [0.1, 0.15) is 5.75 Å². The lowest BCUT2D eigenvalue weighted by molar-refractivity contribution is -0.123. The number of nitrogens with zero attached hydrogens (tertiary/aromatic N) is 1. The van der Waals surface area contributed by atoms with Crippen molar-refractivity contribution in [3.63, 3.8) is 0 Å². The Bertz CT molecular complexity index is 581. The van der Waals surface area contributed by atoms with E-state index in [1.807, 2.05) is 18.2 Å². The van der Waals surface area contributed by atoms with Gasteiger partial charge in [-0.15, -0.1) is 0 Å². The molecule has 0 aliphatic heterocycles. The highest BCUT2D eigenvalue weighted by Crippen LogP contribution is 2.57. The standard InChI is InChI=1S/C16H21N3O2/c1-21-12-4-2-3-9(8-12)13-10-5-6-11(7-10)14(13)15(20)19-16(17)18/h2-4,8,10-11,13-14H,5-7H2,1H3,(H4,17,18,19,20)/t10?,11?,13-,14-/m0/s1. The molecule has 0 heterocycles. The molecule has 1 aromatic carbocycles. The summed E-state index contributed by atoms with van der Waals surface area (Å²) >= 11 is 0. The Labute approximate surface area is 124 Å². The number of nitrogens with two attached hydrogens (primary N) is 2. The van der Waals surface area contributed by atoms with Crippen LogP contribution in [0.3, 0.4) is 0 Å². The first-order valence-corrected chi connectivity index (χ1v) is 7.37. The van der Waals surface area contributed by atoms with E-state index in [1.54, 1.807) is 7.11 Å². The van der Waals surface area contributed by atoms with E-state index in [1.165, 1.54) is 6.42 Å². The number of amides is 1. The molecular formula is C16H21N3O2. The summed E-state index contributed by atoms with van der Waals surface area (Å²) in [7, 11) is 1.65. The van der Waals surface area contributed by atoms with Gasteiger partial charge in [-0.3, -0.25) is 4.79 Å². The molecule has 2 saturated carbocycles. The molecule has 5 heteroatoms. The van der Waals surface area contributed by atoms with Gasteiger partial charge >= 0.3 is 0 Å². The molecule has 2 bridgehead atoms. The molecule has 2 aliphatic rings. The Balaban J connectivity index is 1.94. The molecule has 4 N–H and O–H groups in total. The second-order valence-electron chi connectivity index (χ2n) is 6.04. The Kier molecular flexibility index (Phi) is 3.57. The topological polar surface area (TPSA) is 90.7 Å². The van der Waals surface area contributed by atoms with Crippen molar-refractivity contribution >= 4 is 11.9 Å². The number of methoxy groups -OCH3 is 1. The predicted octanol–water partition coefficient (Wildman–Crippen LogP) is 1.62. The zero-order chi connectivity index (χ0) is 15.0. The first kappa shape index (κ1) is 13.9. The van der Waals surface area contributed by atoms with Crippen LogP contribution in [0.15, 0.2) is 29.3 Å². The van der Waals surface area contributed by atoms with Gasteiger partial charge in [0.15, 0.2) is 5.96 Å². The van der Waals surface area contributed by atoms with Crippen molar-refractivity contribution in [2.45, 2.75) is 25.2 Å². The minimum Gasteiger partial charge on any atom is -0.497 e. The third kappa shape index (κ3) is 2.48. The highest BCUT2D eigenvalue weighted by Gasteiger charge is 2.51. The fraction of sp³-hybridized carbons (Fsp3) is 0.500. The van der Waals surface area contributed by atoms with Crippen molar-refractivity contribution in [2.24, 2.45) is 34.2 Å². The van der Waals surface area contributed by atoms with Gasteiger partial charge in [0, 0.05) is 0 Å². The first-order chi connectivity index (χ1) is 10.1. The molecule has 21 heavy (non-hydrogen) atoms. The summed E-state index contributed by atoms with van der Waals surface area (Å²) in [6.07, 6.45) is 3.37. The quantitative estimate of drug-likeness (QED) is 0.653. The molecule has 3 rings (SSSR count). The maximum atomic E-state index is 12.4. The minimum absolute atomic E-state index is 0.0991. The monoisotopic (exact) mass is 287 g/mol. The van der Waals surface area contributed by atoms with Crippen molar-refractivity contribution in [3.05, 3.63) is 29.8 Å². The van der Waals surface area contributed by atoms with Crippen LogP contribution in [0.5, 0.6) is 5.75 Å². The molecule has 5 nitrogen and oxygen atoms in total. The lowest BCUT2D eigenvalue weighted by Gasteiger charge is -2.29. The third-order valence-electron chi connectivity index (χ3n) is 4.92. The molecule has 0 saturated heterocycles. The van der Waals surface area contributed by atoms with Gasteiger partial charge < -0.3 is 16.2 Å². The number of fused-ring (bicyclic) bond motifs is 2. The number of carbonyl (C=O) groups excluding carboxylic acids is 1. The molecule has 112 valence electrons. The number of guanidine groups is 1. The van der Waals surface area contributed by atoms with E-state index in [2.05, 4.69) is 11.1 Å². The smallest absolute Gasteiger partial charge is 0.252 e. The van der Waals surface area contributed by atoms with E-state index < -0.39 is 0 Å². The highest BCUT2D eigenvalue weighted by atomic mass is 16.5. The van der Waals surface area contributed by atoms with Crippen LogP contribution >= 0.6 is 0 Å². The molecular weight excluding hydrogens is 266 g/mol. The maximum absolute atomic E-state index is 12.4. The number of rotatable bonds is 3. The number of hydrogen-bond donors (Lipinski definition) is 2. The summed E-state index contributed by atoms with van der Waals surface area (Å²) in [4.78, 5) is 16.2. The van der Waals surface area contributed by atoms with Crippen molar-refractivity contribution in [2.75, 3.05) is 7.11 Å². The summed E-state index contributed by atoms with van der Waals surface area (Å²) in [5, 5.41) is 0. The van der Waals surface area contributed by atoms with E-state index in [0.717, 1.165) is 24.2 Å². The molecule has 4 atom stereocenters. The van der Waals surface area contributed by atoms with Gasteiger partial charge in [-0.1, -0.05) is 12.1 Å². The summed E-state index contributed by atoms with van der Waals surface area (Å²) in [5.41, 5.74) is 11.9. The largest absolute Gasteiger partial charge is 0.497 e. The first-order valence-electron chi connectivity index (χ1n) is 7.37. The average molecular weight is 287 g/mol. The summed E-state index contributed by atoms with van der Waals surface area (Å²) in [5.74, 6) is 1.56. The second-order valence-corrected chi connectivity index (χ2v) is 6.04. The van der Waals surface area contributed by atoms with Crippen LogP contribution < -0.4 is 16.2 Å².